The predicted molar refractivity (Wildman–Crippen MR) is 113 cm³/mol. The molecule has 1 aliphatic rings. The quantitative estimate of drug-likeness (QED) is 0.724. The van der Waals surface area contributed by atoms with Gasteiger partial charge in [-0.05, 0) is 49.2 Å². The number of piperidine rings is 1. The largest absolute Gasteiger partial charge is 0.419 e. The fraction of sp³-hybridized carbons (Fsp3) is 0.409. The maximum Gasteiger partial charge on any atom is 0.419 e. The summed E-state index contributed by atoms with van der Waals surface area (Å²) in [5.74, 6) is -1.11. The second-order valence-electron chi connectivity index (χ2n) is 7.87. The molecule has 1 atom stereocenters. The van der Waals surface area contributed by atoms with E-state index in [1.165, 1.54) is 17.2 Å². The number of anilines is 3. The van der Waals surface area contributed by atoms with Crippen LogP contribution in [0.5, 0.6) is 0 Å². The number of aromatic nitrogens is 1. The maximum absolute atomic E-state index is 13.3. The summed E-state index contributed by atoms with van der Waals surface area (Å²) in [7, 11) is 0. The molecule has 0 bridgehead atoms. The number of hydrogen-bond acceptors (Lipinski definition) is 4. The lowest BCUT2D eigenvalue weighted by molar-refractivity contribution is -0.137. The monoisotopic (exact) mass is 434 g/mol. The van der Waals surface area contributed by atoms with Crippen LogP contribution in [0.25, 0.3) is 0 Å². The van der Waals surface area contributed by atoms with Crippen molar-refractivity contribution < 1.29 is 22.8 Å². The van der Waals surface area contributed by atoms with Gasteiger partial charge in [0.15, 0.2) is 0 Å². The Bertz CT molecular complexity index is 929. The van der Waals surface area contributed by atoms with Crippen LogP contribution in [0.4, 0.5) is 30.4 Å². The van der Waals surface area contributed by atoms with Crippen molar-refractivity contribution in [3.8, 4) is 0 Å². The zero-order valence-corrected chi connectivity index (χ0v) is 17.4. The molecule has 0 aliphatic carbocycles. The highest BCUT2D eigenvalue weighted by molar-refractivity contribution is 5.94. The number of halogens is 3. The highest BCUT2D eigenvalue weighted by Gasteiger charge is 2.37. The van der Waals surface area contributed by atoms with Gasteiger partial charge in [0.25, 0.3) is 0 Å². The van der Waals surface area contributed by atoms with Gasteiger partial charge in [0.1, 0.15) is 5.82 Å². The molecule has 166 valence electrons. The Morgan fingerprint density at radius 3 is 2.35 bits per heavy atom. The zero-order chi connectivity index (χ0) is 22.6. The second kappa shape index (κ2) is 9.36. The van der Waals surface area contributed by atoms with Crippen molar-refractivity contribution >= 4 is 29.0 Å². The molecule has 1 aromatic heterocycles. The smallest absolute Gasteiger partial charge is 0.355 e. The van der Waals surface area contributed by atoms with Crippen molar-refractivity contribution in [1.29, 1.82) is 0 Å². The molecular formula is C22H25F3N4O2. The van der Waals surface area contributed by atoms with Crippen LogP contribution in [0.15, 0.2) is 42.6 Å². The third kappa shape index (κ3) is 5.74. The van der Waals surface area contributed by atoms with Crippen LogP contribution in [0.1, 0.15) is 32.3 Å². The van der Waals surface area contributed by atoms with Crippen molar-refractivity contribution in [2.24, 2.45) is 11.8 Å². The SMILES string of the molecule is CC(C)C(=O)Nc1ccc(NC(=O)C2CCCN(c3ncccc3C(F)(F)F)C2)cc1. The summed E-state index contributed by atoms with van der Waals surface area (Å²) in [6.45, 7) is 4.16. The number of hydrogen-bond donors (Lipinski definition) is 2. The van der Waals surface area contributed by atoms with E-state index in [0.29, 0.717) is 30.8 Å². The molecule has 6 nitrogen and oxygen atoms in total. The van der Waals surface area contributed by atoms with Crippen molar-refractivity contribution in [3.63, 3.8) is 0 Å². The molecule has 1 fully saturated rings. The molecule has 2 N–H and O–H groups in total. The van der Waals surface area contributed by atoms with Gasteiger partial charge in [0, 0.05) is 36.6 Å². The minimum atomic E-state index is -4.51. The lowest BCUT2D eigenvalue weighted by Gasteiger charge is -2.34. The number of carbonyl (C=O) groups excluding carboxylic acids is 2. The number of rotatable bonds is 5. The Balaban J connectivity index is 1.65. The van der Waals surface area contributed by atoms with Gasteiger partial charge in [0.2, 0.25) is 11.8 Å². The molecule has 0 spiro atoms. The van der Waals surface area contributed by atoms with Crippen LogP contribution in [0.2, 0.25) is 0 Å². The van der Waals surface area contributed by atoms with E-state index in [9.17, 15) is 22.8 Å². The Morgan fingerprint density at radius 2 is 1.74 bits per heavy atom. The van der Waals surface area contributed by atoms with Crippen LogP contribution in [-0.4, -0.2) is 29.9 Å². The fourth-order valence-electron chi connectivity index (χ4n) is 3.42. The predicted octanol–water partition coefficient (Wildman–Crippen LogP) is 4.55. The van der Waals surface area contributed by atoms with Crippen LogP contribution in [0, 0.1) is 11.8 Å². The van der Waals surface area contributed by atoms with E-state index < -0.39 is 17.7 Å². The molecule has 0 radical (unpaired) electrons. The van der Waals surface area contributed by atoms with Crippen molar-refractivity contribution in [2.75, 3.05) is 28.6 Å². The van der Waals surface area contributed by atoms with Gasteiger partial charge in [-0.25, -0.2) is 4.98 Å². The van der Waals surface area contributed by atoms with Crippen LogP contribution in [-0.2, 0) is 15.8 Å². The molecule has 1 saturated heterocycles. The summed E-state index contributed by atoms with van der Waals surface area (Å²) in [5.41, 5.74) is 0.379. The van der Waals surface area contributed by atoms with Gasteiger partial charge in [0.05, 0.1) is 11.5 Å². The van der Waals surface area contributed by atoms with E-state index in [4.69, 9.17) is 0 Å². The van der Waals surface area contributed by atoms with Gasteiger partial charge in [-0.1, -0.05) is 13.8 Å². The lowest BCUT2D eigenvalue weighted by atomic mass is 9.96. The molecule has 1 aromatic carbocycles. The molecule has 2 aromatic rings. The number of amides is 2. The zero-order valence-electron chi connectivity index (χ0n) is 17.4. The number of benzene rings is 1. The van der Waals surface area contributed by atoms with Crippen molar-refractivity contribution in [3.05, 3.63) is 48.2 Å². The number of carbonyl (C=O) groups is 2. The molecule has 9 heteroatoms. The van der Waals surface area contributed by atoms with Crippen molar-refractivity contribution in [1.82, 2.24) is 4.98 Å². The third-order valence-corrected chi connectivity index (χ3v) is 5.13. The molecule has 0 saturated carbocycles. The fourth-order valence-corrected chi connectivity index (χ4v) is 3.42. The Labute approximate surface area is 178 Å². The van der Waals surface area contributed by atoms with E-state index in [-0.39, 0.29) is 30.1 Å². The van der Waals surface area contributed by atoms with E-state index in [1.807, 2.05) is 0 Å². The average molecular weight is 434 g/mol. The van der Waals surface area contributed by atoms with Gasteiger partial charge in [-0.2, -0.15) is 13.2 Å². The number of pyridine rings is 1. The lowest BCUT2D eigenvalue weighted by Crippen LogP contribution is -2.42. The van der Waals surface area contributed by atoms with Crippen LogP contribution < -0.4 is 15.5 Å². The van der Waals surface area contributed by atoms with Gasteiger partial charge < -0.3 is 15.5 Å². The summed E-state index contributed by atoms with van der Waals surface area (Å²) >= 11 is 0. The van der Waals surface area contributed by atoms with Crippen molar-refractivity contribution in [2.45, 2.75) is 32.9 Å². The van der Waals surface area contributed by atoms with E-state index in [2.05, 4.69) is 15.6 Å². The highest BCUT2D eigenvalue weighted by atomic mass is 19.4. The first-order valence-corrected chi connectivity index (χ1v) is 10.1. The molecule has 3 rings (SSSR count). The van der Waals surface area contributed by atoms with Gasteiger partial charge in [-0.3, -0.25) is 9.59 Å². The molecule has 2 heterocycles. The molecule has 1 aliphatic heterocycles. The topological polar surface area (TPSA) is 74.3 Å². The first-order valence-electron chi connectivity index (χ1n) is 10.1. The normalized spacial score (nSPS) is 16.8. The van der Waals surface area contributed by atoms with Gasteiger partial charge in [-0.15, -0.1) is 0 Å². The minimum absolute atomic E-state index is 0.105. The summed E-state index contributed by atoms with van der Waals surface area (Å²) < 4.78 is 40.0. The Morgan fingerprint density at radius 1 is 1.10 bits per heavy atom. The van der Waals surface area contributed by atoms with E-state index >= 15 is 0 Å². The minimum Gasteiger partial charge on any atom is -0.355 e. The molecule has 2 amide bonds. The highest BCUT2D eigenvalue weighted by Crippen LogP contribution is 2.36. The molecule has 31 heavy (non-hydrogen) atoms. The number of alkyl halides is 3. The summed E-state index contributed by atoms with van der Waals surface area (Å²) in [6.07, 6.45) is -2.01. The van der Waals surface area contributed by atoms with Crippen LogP contribution >= 0.6 is 0 Å². The number of nitrogens with one attached hydrogen (secondary N) is 2. The summed E-state index contributed by atoms with van der Waals surface area (Å²) in [6, 6.07) is 8.99. The first-order chi connectivity index (χ1) is 14.6. The number of nitrogens with zero attached hydrogens (tertiary/aromatic N) is 2. The average Bonchev–Trinajstić information content (AvgIpc) is 2.74. The summed E-state index contributed by atoms with van der Waals surface area (Å²) in [4.78, 5) is 29.9. The Hall–Kier alpha value is -3.10. The second-order valence-corrected chi connectivity index (χ2v) is 7.87. The Kier molecular flexibility index (Phi) is 6.82. The van der Waals surface area contributed by atoms with Gasteiger partial charge >= 0.3 is 6.18 Å². The standard InChI is InChI=1S/C22H25F3N4O2/c1-14(2)20(30)27-16-7-9-17(10-8-16)28-21(31)15-5-4-12-29(13-15)19-18(22(23,24)25)6-3-11-26-19/h3,6-11,14-15H,4-5,12-13H2,1-2H3,(H,27,30)(H,28,31). The van der Waals surface area contributed by atoms with Crippen LogP contribution in [0.3, 0.4) is 0 Å². The molecule has 1 unspecified atom stereocenters. The summed E-state index contributed by atoms with van der Waals surface area (Å²) in [5, 5.41) is 5.58. The first kappa shape index (κ1) is 22.6. The van der Waals surface area contributed by atoms with E-state index in [1.54, 1.807) is 38.1 Å². The molecular weight excluding hydrogens is 409 g/mol. The van der Waals surface area contributed by atoms with E-state index in [0.717, 1.165) is 6.07 Å². The maximum atomic E-state index is 13.3. The third-order valence-electron chi connectivity index (χ3n) is 5.13.